The number of thiophene rings is 1. The SMILES string of the molecule is COc1ccc(C(OC[C@H]2O[C@@H](n3ccc4c(-c5ccc(C)s5)ccnc43)C[C@@H]2OP(O)N(C(C)C)C(C)(C)CCC#N)(c2ccccc2)c2ccc(OC)cc2)cc1. The summed E-state index contributed by atoms with van der Waals surface area (Å²) < 4.78 is 36.4. The molecule has 59 heavy (non-hydrogen) atoms. The number of nitriles is 1. The molecule has 0 spiro atoms. The average Bonchev–Trinajstić information content (AvgIpc) is 3.99. The Morgan fingerprint density at radius 2 is 1.58 bits per heavy atom. The van der Waals surface area contributed by atoms with E-state index in [1.807, 2.05) is 97.6 Å². The first kappa shape index (κ1) is 42.5. The van der Waals surface area contributed by atoms with Crippen molar-refractivity contribution < 1.29 is 28.4 Å². The molecule has 0 bridgehead atoms. The summed E-state index contributed by atoms with van der Waals surface area (Å²) >= 11 is 1.76. The number of hydrogen-bond donors (Lipinski definition) is 1. The van der Waals surface area contributed by atoms with Crippen LogP contribution >= 0.6 is 19.9 Å². The van der Waals surface area contributed by atoms with Crippen LogP contribution in [0, 0.1) is 18.3 Å². The highest BCUT2D eigenvalue weighted by Gasteiger charge is 2.46. The molecule has 1 aliphatic heterocycles. The fourth-order valence-corrected chi connectivity index (χ4v) is 10.7. The number of fused-ring (bicyclic) bond motifs is 1. The summed E-state index contributed by atoms with van der Waals surface area (Å²) in [5.41, 5.74) is 3.05. The third-order valence-corrected chi connectivity index (χ3v) is 14.0. The van der Waals surface area contributed by atoms with Crippen molar-refractivity contribution in [2.45, 2.75) is 89.5 Å². The Kier molecular flexibility index (Phi) is 13.2. The van der Waals surface area contributed by atoms with Gasteiger partial charge in [-0.25, -0.2) is 9.65 Å². The third-order valence-electron chi connectivity index (χ3n) is 11.1. The summed E-state index contributed by atoms with van der Waals surface area (Å²) in [5, 5.41) is 10.5. The van der Waals surface area contributed by atoms with E-state index in [1.54, 1.807) is 25.6 Å². The van der Waals surface area contributed by atoms with Crippen LogP contribution in [0.15, 0.2) is 116 Å². The molecule has 0 radical (unpaired) electrons. The smallest absolute Gasteiger partial charge is 0.257 e. The fraction of sp³-hybridized carbons (Fsp3) is 0.362. The number of aromatic nitrogens is 2. The number of ether oxygens (including phenoxy) is 4. The third kappa shape index (κ3) is 8.82. The van der Waals surface area contributed by atoms with Gasteiger partial charge in [-0.1, -0.05) is 54.6 Å². The van der Waals surface area contributed by atoms with Gasteiger partial charge in [0.15, 0.2) is 0 Å². The van der Waals surface area contributed by atoms with Crippen LogP contribution in [-0.4, -0.2) is 63.7 Å². The van der Waals surface area contributed by atoms with E-state index in [0.717, 1.165) is 44.8 Å². The Labute approximate surface area is 352 Å². The minimum atomic E-state index is -2.11. The number of benzene rings is 3. The molecule has 1 N–H and O–H groups in total. The first-order valence-electron chi connectivity index (χ1n) is 20.0. The zero-order valence-electron chi connectivity index (χ0n) is 34.7. The lowest BCUT2D eigenvalue weighted by Crippen LogP contribution is -2.45. The van der Waals surface area contributed by atoms with E-state index in [-0.39, 0.29) is 12.6 Å². The van der Waals surface area contributed by atoms with Crippen molar-refractivity contribution in [1.29, 1.82) is 5.26 Å². The Balaban J connectivity index is 1.29. The molecule has 1 unspecified atom stereocenters. The van der Waals surface area contributed by atoms with E-state index in [9.17, 15) is 10.2 Å². The molecule has 3 aromatic carbocycles. The van der Waals surface area contributed by atoms with E-state index < -0.39 is 38.1 Å². The van der Waals surface area contributed by atoms with Crippen molar-refractivity contribution in [2.24, 2.45) is 0 Å². The molecule has 1 saturated heterocycles. The summed E-state index contributed by atoms with van der Waals surface area (Å²) in [7, 11) is 1.19. The summed E-state index contributed by atoms with van der Waals surface area (Å²) in [6.45, 7) is 10.4. The van der Waals surface area contributed by atoms with Crippen molar-refractivity contribution in [2.75, 3.05) is 20.8 Å². The maximum absolute atomic E-state index is 12.1. The summed E-state index contributed by atoms with van der Waals surface area (Å²) in [6, 6.07) is 36.7. The van der Waals surface area contributed by atoms with Gasteiger partial charge in [-0.2, -0.15) is 5.26 Å². The van der Waals surface area contributed by atoms with E-state index >= 15 is 0 Å². The minimum Gasteiger partial charge on any atom is -0.497 e. The number of methoxy groups -OCH3 is 2. The molecular weight excluding hydrogens is 780 g/mol. The Hall–Kier alpha value is -4.63. The molecule has 3 aromatic heterocycles. The quantitative estimate of drug-likeness (QED) is 0.0709. The van der Waals surface area contributed by atoms with Gasteiger partial charge in [-0.05, 0) is 106 Å². The molecule has 0 saturated carbocycles. The Morgan fingerprint density at radius 1 is 0.932 bits per heavy atom. The topological polar surface area (TPSA) is 111 Å². The zero-order valence-corrected chi connectivity index (χ0v) is 36.5. The van der Waals surface area contributed by atoms with Gasteiger partial charge < -0.3 is 32.9 Å². The van der Waals surface area contributed by atoms with Crippen LogP contribution < -0.4 is 9.47 Å². The lowest BCUT2D eigenvalue weighted by atomic mass is 9.80. The van der Waals surface area contributed by atoms with Crippen LogP contribution in [0.4, 0.5) is 0 Å². The molecule has 6 aromatic rings. The molecule has 308 valence electrons. The second-order valence-electron chi connectivity index (χ2n) is 15.7. The van der Waals surface area contributed by atoms with Crippen LogP contribution in [-0.2, 0) is 19.6 Å². The minimum absolute atomic E-state index is 0.0552. The van der Waals surface area contributed by atoms with Crippen molar-refractivity contribution in [3.8, 4) is 28.0 Å². The highest BCUT2D eigenvalue weighted by molar-refractivity contribution is 7.43. The number of aryl methyl sites for hydroxylation is 1. The Bertz CT molecular complexity index is 2290. The summed E-state index contributed by atoms with van der Waals surface area (Å²) in [6.07, 6.45) is 3.63. The van der Waals surface area contributed by atoms with Crippen LogP contribution in [0.2, 0.25) is 0 Å². The van der Waals surface area contributed by atoms with Gasteiger partial charge >= 0.3 is 0 Å². The van der Waals surface area contributed by atoms with E-state index in [1.165, 1.54) is 9.75 Å². The van der Waals surface area contributed by atoms with Crippen LogP contribution in [0.25, 0.3) is 21.5 Å². The second kappa shape index (κ2) is 18.3. The molecule has 4 heterocycles. The fourth-order valence-electron chi connectivity index (χ4n) is 8.27. The second-order valence-corrected chi connectivity index (χ2v) is 18.1. The molecular formula is C47H53N4O6PS. The van der Waals surface area contributed by atoms with Crippen LogP contribution in [0.1, 0.15) is 74.8 Å². The van der Waals surface area contributed by atoms with Gasteiger partial charge in [-0.3, -0.25) is 0 Å². The van der Waals surface area contributed by atoms with Gasteiger partial charge in [0.05, 0.1) is 33.0 Å². The van der Waals surface area contributed by atoms with Gasteiger partial charge in [0.1, 0.15) is 35.1 Å². The van der Waals surface area contributed by atoms with Gasteiger partial charge in [0.25, 0.3) is 8.53 Å². The van der Waals surface area contributed by atoms with Gasteiger partial charge in [0, 0.05) is 57.5 Å². The largest absolute Gasteiger partial charge is 0.497 e. The van der Waals surface area contributed by atoms with E-state index in [0.29, 0.717) is 19.3 Å². The number of rotatable bonds is 17. The number of hydrogen-bond acceptors (Lipinski definition) is 10. The first-order valence-corrected chi connectivity index (χ1v) is 22.0. The predicted octanol–water partition coefficient (Wildman–Crippen LogP) is 10.8. The maximum atomic E-state index is 12.1. The predicted molar refractivity (Wildman–Crippen MR) is 234 cm³/mol. The number of pyridine rings is 1. The lowest BCUT2D eigenvalue weighted by Gasteiger charge is -2.43. The normalized spacial score (nSPS) is 17.7. The number of nitrogens with zero attached hydrogens (tertiary/aromatic N) is 4. The monoisotopic (exact) mass is 832 g/mol. The summed E-state index contributed by atoms with van der Waals surface area (Å²) in [4.78, 5) is 19.3. The van der Waals surface area contributed by atoms with Gasteiger partial charge in [0.2, 0.25) is 0 Å². The van der Waals surface area contributed by atoms with Crippen molar-refractivity contribution >= 4 is 30.9 Å². The lowest BCUT2D eigenvalue weighted by molar-refractivity contribution is -0.0910. The van der Waals surface area contributed by atoms with Gasteiger partial charge in [-0.15, -0.1) is 11.3 Å². The zero-order chi connectivity index (χ0) is 41.7. The molecule has 12 heteroatoms. The maximum Gasteiger partial charge on any atom is 0.257 e. The van der Waals surface area contributed by atoms with Crippen LogP contribution in [0.5, 0.6) is 11.5 Å². The van der Waals surface area contributed by atoms with Crippen molar-refractivity contribution in [3.05, 3.63) is 137 Å². The molecule has 1 fully saturated rings. The molecule has 0 amide bonds. The molecule has 0 aliphatic carbocycles. The van der Waals surface area contributed by atoms with Crippen molar-refractivity contribution in [3.63, 3.8) is 0 Å². The molecule has 10 nitrogen and oxygen atoms in total. The van der Waals surface area contributed by atoms with E-state index in [2.05, 4.69) is 67.8 Å². The van der Waals surface area contributed by atoms with E-state index in [4.69, 9.17) is 28.5 Å². The molecule has 1 aliphatic rings. The highest BCUT2D eigenvalue weighted by atomic mass is 32.1. The van der Waals surface area contributed by atoms with Crippen molar-refractivity contribution in [1.82, 2.24) is 14.2 Å². The highest BCUT2D eigenvalue weighted by Crippen LogP contribution is 2.50. The molecule has 7 rings (SSSR count). The summed E-state index contributed by atoms with van der Waals surface area (Å²) in [5.74, 6) is 1.46. The van der Waals surface area contributed by atoms with Crippen LogP contribution in [0.3, 0.4) is 0 Å². The first-order chi connectivity index (χ1) is 28.5. The molecule has 4 atom stereocenters. The average molecular weight is 833 g/mol. The Morgan fingerprint density at radius 3 is 2.15 bits per heavy atom. The standard InChI is InChI=1S/C47H53N4O6PS/c1-32(2)51(46(4,5)26-11-27-48)58(52)57-41-30-44(50-29-25-40-39(24-28-49-45(40)50)43-23-14-33(3)59-43)56-42(41)31-55-47(34-12-9-8-10-13-34,35-15-19-37(53-6)20-16-35)36-17-21-38(54-7)22-18-36/h8-10,12-25,28-29,32,41-42,44,52H,11,26,30-31H2,1-7H3/t41-,42+,44+,58?/m0/s1.